The maximum Gasteiger partial charge on any atom is 0.293 e. The summed E-state index contributed by atoms with van der Waals surface area (Å²) in [6, 6.07) is 3.50. The van der Waals surface area contributed by atoms with Gasteiger partial charge in [0.2, 0.25) is 10.0 Å². The third-order valence-electron chi connectivity index (χ3n) is 4.08. The molecule has 0 radical (unpaired) electrons. The van der Waals surface area contributed by atoms with Crippen LogP contribution in [-0.2, 0) is 21.1 Å². The summed E-state index contributed by atoms with van der Waals surface area (Å²) >= 11 is -1.85. The van der Waals surface area contributed by atoms with E-state index in [4.69, 9.17) is 9.69 Å². The first-order chi connectivity index (χ1) is 11.7. The molecule has 1 saturated heterocycles. The van der Waals surface area contributed by atoms with Crippen LogP contribution in [0.1, 0.15) is 12.8 Å². The lowest BCUT2D eigenvalue weighted by atomic mass is 9.97. The zero-order chi connectivity index (χ0) is 18.6. The van der Waals surface area contributed by atoms with Crippen molar-refractivity contribution in [1.82, 2.24) is 4.90 Å². The summed E-state index contributed by atoms with van der Waals surface area (Å²) in [6.45, 7) is 1.86. The molecule has 0 saturated carbocycles. The molecular weight excluding hydrogens is 372 g/mol. The van der Waals surface area contributed by atoms with Gasteiger partial charge in [0.15, 0.2) is 11.1 Å². The summed E-state index contributed by atoms with van der Waals surface area (Å²) in [7, 11) is -4.01. The number of likely N-dealkylation sites (tertiary alicyclic amines) is 1. The van der Waals surface area contributed by atoms with E-state index in [9.17, 15) is 22.7 Å². The number of piperidine rings is 1. The van der Waals surface area contributed by atoms with Gasteiger partial charge >= 0.3 is 0 Å². The first-order valence-corrected chi connectivity index (χ1v) is 10.3. The van der Waals surface area contributed by atoms with Crippen molar-refractivity contribution < 1.29 is 22.1 Å². The lowest BCUT2D eigenvalue weighted by Gasteiger charge is -2.31. The summed E-state index contributed by atoms with van der Waals surface area (Å²) in [5.41, 5.74) is -0.115. The van der Waals surface area contributed by atoms with Gasteiger partial charge < -0.3 is 9.87 Å². The smallest absolute Gasteiger partial charge is 0.293 e. The minimum atomic E-state index is -4.01. The fourth-order valence-corrected chi connectivity index (χ4v) is 3.82. The number of hydrogen-bond donors (Lipinski definition) is 3. The van der Waals surface area contributed by atoms with Crippen LogP contribution < -0.4 is 10.5 Å². The Labute approximate surface area is 147 Å². The number of nitrogens with two attached hydrogens (primary N) is 1. The number of hydrogen-bond acceptors (Lipinski definition) is 7. The molecule has 0 spiro atoms. The number of nitrogens with zero attached hydrogens (tertiary/aromatic N) is 2. The zero-order valence-corrected chi connectivity index (χ0v) is 15.0. The Bertz CT molecular complexity index is 762. The van der Waals surface area contributed by atoms with E-state index in [1.165, 1.54) is 12.1 Å². The van der Waals surface area contributed by atoms with Gasteiger partial charge in [-0.15, -0.1) is 0 Å². The summed E-state index contributed by atoms with van der Waals surface area (Å²) in [5.74, 6) is 0.390. The number of sulfonamides is 1. The highest BCUT2D eigenvalue weighted by atomic mass is 32.2. The molecule has 1 aliphatic rings. The zero-order valence-electron chi connectivity index (χ0n) is 13.3. The van der Waals surface area contributed by atoms with Crippen molar-refractivity contribution in [2.75, 3.05) is 30.8 Å². The van der Waals surface area contributed by atoms with Gasteiger partial charge in [-0.3, -0.25) is 15.0 Å². The minimum absolute atomic E-state index is 0.126. The highest BCUT2D eigenvalue weighted by Gasteiger charge is 2.22. The lowest BCUT2D eigenvalue weighted by Crippen LogP contribution is -2.37. The van der Waals surface area contributed by atoms with Gasteiger partial charge in [-0.2, -0.15) is 0 Å². The second-order valence-electron chi connectivity index (χ2n) is 5.87. The van der Waals surface area contributed by atoms with Gasteiger partial charge in [-0.25, -0.2) is 17.8 Å². The van der Waals surface area contributed by atoms with Gasteiger partial charge in [0, 0.05) is 12.6 Å². The minimum Gasteiger partial charge on any atom is -0.379 e. The molecule has 1 aromatic rings. The van der Waals surface area contributed by atoms with Gasteiger partial charge in [0.25, 0.3) is 5.69 Å². The van der Waals surface area contributed by atoms with Crippen LogP contribution in [0.15, 0.2) is 23.1 Å². The molecule has 1 fully saturated rings. The Hall–Kier alpha value is -1.60. The average Bonchev–Trinajstić information content (AvgIpc) is 2.52. The van der Waals surface area contributed by atoms with E-state index in [-0.39, 0.29) is 28.1 Å². The van der Waals surface area contributed by atoms with Crippen LogP contribution in [-0.4, -0.2) is 52.5 Å². The van der Waals surface area contributed by atoms with E-state index < -0.39 is 26.0 Å². The van der Waals surface area contributed by atoms with Crippen molar-refractivity contribution in [3.63, 3.8) is 0 Å². The Kier molecular flexibility index (Phi) is 6.46. The van der Waals surface area contributed by atoms with Crippen LogP contribution in [0.3, 0.4) is 0 Å². The molecule has 1 aromatic carbocycles. The van der Waals surface area contributed by atoms with Gasteiger partial charge in [0.1, 0.15) is 11.6 Å². The Morgan fingerprint density at radius 1 is 1.40 bits per heavy atom. The third kappa shape index (κ3) is 5.71. The number of anilines is 1. The van der Waals surface area contributed by atoms with Gasteiger partial charge in [-0.05, 0) is 44.0 Å². The van der Waals surface area contributed by atoms with Crippen LogP contribution in [0.25, 0.3) is 0 Å². The fourth-order valence-electron chi connectivity index (χ4n) is 2.72. The van der Waals surface area contributed by atoms with Crippen molar-refractivity contribution in [3.05, 3.63) is 28.3 Å². The fraction of sp³-hybridized carbons (Fsp3) is 0.538. The van der Waals surface area contributed by atoms with Crippen molar-refractivity contribution in [1.29, 1.82) is 0 Å². The highest BCUT2D eigenvalue weighted by molar-refractivity contribution is 7.89. The number of primary sulfonamides is 1. The number of nitro groups is 1. The topological polar surface area (TPSA) is 156 Å². The standard InChI is InChI=1S/C13H20N4O6S2/c14-25(22,23)11-1-2-12(13(7-11)17(18)19)15-8-10-3-5-16(6-4-10)9-24(20)21/h1-2,7,10,15H,3-6,8-9H2,(H,20,21)(H2,14,22,23). The SMILES string of the molecule is NS(=O)(=O)c1ccc(NCC2CCN(CS(=O)O)CC2)c([N+](=O)[O-])c1. The molecule has 1 heterocycles. The molecule has 1 unspecified atom stereocenters. The largest absolute Gasteiger partial charge is 0.379 e. The van der Waals surface area contributed by atoms with E-state index in [0.29, 0.717) is 19.6 Å². The monoisotopic (exact) mass is 392 g/mol. The number of nitrogens with one attached hydrogen (secondary N) is 1. The lowest BCUT2D eigenvalue weighted by molar-refractivity contribution is -0.384. The molecule has 2 rings (SSSR count). The molecule has 10 nitrogen and oxygen atoms in total. The molecule has 4 N–H and O–H groups in total. The molecule has 140 valence electrons. The average molecular weight is 392 g/mol. The Balaban J connectivity index is 1.99. The maximum atomic E-state index is 11.3. The predicted octanol–water partition coefficient (Wildman–Crippen LogP) is 0.545. The summed E-state index contributed by atoms with van der Waals surface area (Å²) < 4.78 is 42.3. The molecule has 1 atom stereocenters. The van der Waals surface area contributed by atoms with Crippen LogP contribution in [0.5, 0.6) is 0 Å². The molecule has 12 heteroatoms. The van der Waals surface area contributed by atoms with Crippen LogP contribution in [0.4, 0.5) is 11.4 Å². The van der Waals surface area contributed by atoms with E-state index >= 15 is 0 Å². The maximum absolute atomic E-state index is 11.3. The van der Waals surface area contributed by atoms with Crippen molar-refractivity contribution >= 4 is 32.5 Å². The molecule has 0 amide bonds. The van der Waals surface area contributed by atoms with E-state index in [2.05, 4.69) is 5.32 Å². The molecule has 0 aromatic heterocycles. The second-order valence-corrected chi connectivity index (χ2v) is 8.34. The second kappa shape index (κ2) is 8.19. The van der Waals surface area contributed by atoms with Gasteiger partial charge in [-0.1, -0.05) is 0 Å². The van der Waals surface area contributed by atoms with Crippen molar-refractivity contribution in [2.45, 2.75) is 17.7 Å². The summed E-state index contributed by atoms with van der Waals surface area (Å²) in [4.78, 5) is 12.1. The summed E-state index contributed by atoms with van der Waals surface area (Å²) in [5, 5.41) is 19.2. The number of benzene rings is 1. The van der Waals surface area contributed by atoms with Crippen molar-refractivity contribution in [3.8, 4) is 0 Å². The quantitative estimate of drug-likeness (QED) is 0.345. The molecule has 1 aliphatic heterocycles. The molecule has 0 aliphatic carbocycles. The van der Waals surface area contributed by atoms with Crippen LogP contribution >= 0.6 is 0 Å². The summed E-state index contributed by atoms with van der Waals surface area (Å²) in [6.07, 6.45) is 1.60. The van der Waals surface area contributed by atoms with Crippen molar-refractivity contribution in [2.24, 2.45) is 11.1 Å². The third-order valence-corrected chi connectivity index (χ3v) is 5.57. The van der Waals surface area contributed by atoms with Crippen LogP contribution in [0, 0.1) is 16.0 Å². The first-order valence-electron chi connectivity index (χ1n) is 7.51. The molecular formula is C13H20N4O6S2. The normalized spacial score (nSPS) is 18.0. The van der Waals surface area contributed by atoms with Gasteiger partial charge in [0.05, 0.1) is 9.82 Å². The van der Waals surface area contributed by atoms with E-state index in [0.717, 1.165) is 18.9 Å². The first kappa shape index (κ1) is 19.7. The number of nitro benzene ring substituents is 1. The Morgan fingerprint density at radius 3 is 2.56 bits per heavy atom. The highest BCUT2D eigenvalue weighted by Crippen LogP contribution is 2.28. The number of rotatable bonds is 7. The Morgan fingerprint density at radius 2 is 2.04 bits per heavy atom. The van der Waals surface area contributed by atoms with Crippen LogP contribution in [0.2, 0.25) is 0 Å². The molecule has 0 bridgehead atoms. The van der Waals surface area contributed by atoms with E-state index in [1.54, 1.807) is 0 Å². The predicted molar refractivity (Wildman–Crippen MR) is 92.9 cm³/mol. The molecule has 25 heavy (non-hydrogen) atoms. The van der Waals surface area contributed by atoms with E-state index in [1.807, 2.05) is 4.90 Å².